The molecule has 2 atom stereocenters. The van der Waals surface area contributed by atoms with E-state index in [1.807, 2.05) is 30.3 Å². The smallest absolute Gasteiger partial charge is 0.317 e. The summed E-state index contributed by atoms with van der Waals surface area (Å²) in [5, 5.41) is 14.6. The topological polar surface area (TPSA) is 109 Å². The Labute approximate surface area is 213 Å². The zero-order valence-corrected chi connectivity index (χ0v) is 20.4. The molecule has 37 heavy (non-hydrogen) atoms. The van der Waals surface area contributed by atoms with Gasteiger partial charge >= 0.3 is 12.0 Å². The van der Waals surface area contributed by atoms with E-state index in [2.05, 4.69) is 10.3 Å². The van der Waals surface area contributed by atoms with Crippen molar-refractivity contribution in [1.29, 1.82) is 0 Å². The number of likely N-dealkylation sites (N-methyl/N-ethyl adjacent to an activating group) is 1. The summed E-state index contributed by atoms with van der Waals surface area (Å²) in [7, 11) is 1.42. The van der Waals surface area contributed by atoms with Crippen molar-refractivity contribution >= 4 is 29.1 Å². The number of carbonyl (C=O) groups excluding carboxylic acids is 3. The molecule has 0 saturated carbocycles. The van der Waals surface area contributed by atoms with E-state index >= 15 is 0 Å². The predicted molar refractivity (Wildman–Crippen MR) is 132 cm³/mol. The van der Waals surface area contributed by atoms with Gasteiger partial charge in [-0.2, -0.15) is 0 Å². The number of aromatic nitrogens is 1. The fourth-order valence-corrected chi connectivity index (χ4v) is 3.76. The zero-order valence-electron chi connectivity index (χ0n) is 20.4. The van der Waals surface area contributed by atoms with E-state index in [-0.39, 0.29) is 38.0 Å². The second-order valence-corrected chi connectivity index (χ2v) is 8.63. The lowest BCUT2D eigenvalue weighted by atomic mass is 10.1. The van der Waals surface area contributed by atoms with E-state index in [0.717, 1.165) is 22.5 Å². The first-order chi connectivity index (χ1) is 17.8. The molecule has 8 nitrogen and oxygen atoms in total. The Morgan fingerprint density at radius 1 is 1.16 bits per heavy atom. The van der Waals surface area contributed by atoms with Gasteiger partial charge in [0.05, 0.1) is 18.6 Å². The highest BCUT2D eigenvalue weighted by molar-refractivity contribution is 5.82. The summed E-state index contributed by atoms with van der Waals surface area (Å²) in [6, 6.07) is 11.9. The molecule has 0 fully saturated rings. The van der Waals surface area contributed by atoms with Crippen LogP contribution < -0.4 is 5.32 Å². The van der Waals surface area contributed by atoms with Crippen LogP contribution >= 0.6 is 0 Å². The molecule has 1 heterocycles. The van der Waals surface area contributed by atoms with Gasteiger partial charge in [-0.05, 0) is 23.9 Å². The molecule has 3 aromatic rings. The number of hydrogen-bond donors (Lipinski definition) is 2. The van der Waals surface area contributed by atoms with Gasteiger partial charge in [-0.15, -0.1) is 0 Å². The number of nitrogens with zero attached hydrogens (tertiary/aromatic N) is 2. The number of hydrogen-bond acceptors (Lipinski definition) is 6. The number of nitrogens with one attached hydrogen (secondary N) is 1. The number of esters is 1. The molecular weight excluding hydrogens is 484 g/mol. The van der Waals surface area contributed by atoms with E-state index in [4.69, 9.17) is 4.74 Å². The molecule has 0 spiro atoms. The standard InChI is InChI=1S/C27H29F2N3O5/c1-32(27(36)31-16-20-7-4-8-24(28)26(20)29)22(14-23(34)11-12-33)17-37-25(35)10-9-21-13-18-5-2-3-6-19(18)15-30-21/h2-8,12-13,15,22-23,34H,9-11,14,16-17H2,1H3,(H,31,36)/t22-,23+/m0/s1. The molecule has 1 aromatic heterocycles. The maximum atomic E-state index is 13.9. The van der Waals surface area contributed by atoms with E-state index < -0.39 is 35.8 Å². The van der Waals surface area contributed by atoms with E-state index in [1.165, 1.54) is 24.1 Å². The lowest BCUT2D eigenvalue weighted by Crippen LogP contribution is -2.47. The number of benzene rings is 2. The molecule has 0 saturated heterocycles. The number of amides is 2. The maximum absolute atomic E-state index is 13.9. The molecule has 0 unspecified atom stereocenters. The average molecular weight is 514 g/mol. The average Bonchev–Trinajstić information content (AvgIpc) is 2.90. The fraction of sp³-hybridized carbons (Fsp3) is 0.333. The predicted octanol–water partition coefficient (Wildman–Crippen LogP) is 3.54. The van der Waals surface area contributed by atoms with Gasteiger partial charge in [-0.1, -0.05) is 36.4 Å². The summed E-state index contributed by atoms with van der Waals surface area (Å²) in [5.41, 5.74) is 0.697. The third kappa shape index (κ3) is 8.04. The minimum atomic E-state index is -1.06. The number of rotatable bonds is 12. The molecule has 0 bridgehead atoms. The number of halogens is 2. The first-order valence-electron chi connectivity index (χ1n) is 11.8. The van der Waals surface area contributed by atoms with Crippen molar-refractivity contribution in [2.75, 3.05) is 13.7 Å². The number of aliphatic hydroxyl groups is 1. The van der Waals surface area contributed by atoms with E-state index in [9.17, 15) is 28.3 Å². The zero-order chi connectivity index (χ0) is 26.8. The monoisotopic (exact) mass is 513 g/mol. The van der Waals surface area contributed by atoms with Crippen molar-refractivity contribution in [3.05, 3.63) is 77.6 Å². The third-order valence-electron chi connectivity index (χ3n) is 5.95. The SMILES string of the molecule is CN(C(=O)NCc1cccc(F)c1F)[C@H](COC(=O)CCc1cc2ccccc2cn1)C[C@H](O)CC=O. The highest BCUT2D eigenvalue weighted by Crippen LogP contribution is 2.15. The van der Waals surface area contributed by atoms with Gasteiger partial charge in [0.1, 0.15) is 12.9 Å². The summed E-state index contributed by atoms with van der Waals surface area (Å²) in [5.74, 6) is -2.60. The van der Waals surface area contributed by atoms with Crippen molar-refractivity contribution in [3.8, 4) is 0 Å². The summed E-state index contributed by atoms with van der Waals surface area (Å²) < 4.78 is 32.7. The van der Waals surface area contributed by atoms with Gasteiger partial charge < -0.3 is 24.9 Å². The highest BCUT2D eigenvalue weighted by Gasteiger charge is 2.25. The van der Waals surface area contributed by atoms with Crippen molar-refractivity contribution in [3.63, 3.8) is 0 Å². The van der Waals surface area contributed by atoms with Gasteiger partial charge in [0.2, 0.25) is 0 Å². The largest absolute Gasteiger partial charge is 0.463 e. The number of fused-ring (bicyclic) bond motifs is 1. The number of aryl methyl sites for hydroxylation is 1. The Kier molecular flexibility index (Phi) is 10.0. The van der Waals surface area contributed by atoms with Crippen LogP contribution in [0.2, 0.25) is 0 Å². The Morgan fingerprint density at radius 2 is 1.92 bits per heavy atom. The number of ether oxygens (including phenoxy) is 1. The van der Waals surface area contributed by atoms with Crippen LogP contribution in [0, 0.1) is 11.6 Å². The van der Waals surface area contributed by atoms with Crippen molar-refractivity contribution < 1.29 is 33.0 Å². The first-order valence-corrected chi connectivity index (χ1v) is 11.8. The molecular formula is C27H29F2N3O5. The molecule has 2 amide bonds. The third-order valence-corrected chi connectivity index (χ3v) is 5.95. The molecule has 0 aliphatic carbocycles. The Hall–Kier alpha value is -3.92. The van der Waals surface area contributed by atoms with Gasteiger partial charge in [-0.3, -0.25) is 9.78 Å². The summed E-state index contributed by atoms with van der Waals surface area (Å²) in [6.07, 6.45) is 1.47. The molecule has 196 valence electrons. The van der Waals surface area contributed by atoms with Gasteiger partial charge in [0.15, 0.2) is 11.6 Å². The molecule has 0 aliphatic rings. The Bertz CT molecular complexity index is 1240. The molecule has 10 heteroatoms. The lowest BCUT2D eigenvalue weighted by molar-refractivity contribution is -0.145. The van der Waals surface area contributed by atoms with Crippen LogP contribution in [0.4, 0.5) is 13.6 Å². The molecule has 0 aliphatic heterocycles. The quantitative estimate of drug-likeness (QED) is 0.283. The summed E-state index contributed by atoms with van der Waals surface area (Å²) >= 11 is 0. The van der Waals surface area contributed by atoms with Gasteiger partial charge in [0.25, 0.3) is 0 Å². The molecule has 3 rings (SSSR count). The maximum Gasteiger partial charge on any atom is 0.317 e. The Morgan fingerprint density at radius 3 is 2.68 bits per heavy atom. The van der Waals surface area contributed by atoms with Crippen LogP contribution in [0.1, 0.15) is 30.5 Å². The summed E-state index contributed by atoms with van der Waals surface area (Å²) in [6.45, 7) is -0.493. The first kappa shape index (κ1) is 27.7. The number of pyridine rings is 1. The number of aldehydes is 1. The van der Waals surface area contributed by atoms with E-state index in [1.54, 1.807) is 6.20 Å². The minimum absolute atomic E-state index is 0.0313. The van der Waals surface area contributed by atoms with Crippen LogP contribution in [0.25, 0.3) is 10.8 Å². The number of aliphatic hydroxyl groups excluding tert-OH is 1. The summed E-state index contributed by atoms with van der Waals surface area (Å²) in [4.78, 5) is 41.4. The number of carbonyl (C=O) groups is 3. The van der Waals surface area contributed by atoms with Crippen molar-refractivity contribution in [2.24, 2.45) is 0 Å². The highest BCUT2D eigenvalue weighted by atomic mass is 19.2. The molecule has 2 N–H and O–H groups in total. The van der Waals surface area contributed by atoms with Crippen LogP contribution in [0.5, 0.6) is 0 Å². The molecule has 2 aromatic carbocycles. The van der Waals surface area contributed by atoms with Gasteiger partial charge in [-0.25, -0.2) is 13.6 Å². The minimum Gasteiger partial charge on any atom is -0.463 e. The number of urea groups is 1. The van der Waals surface area contributed by atoms with Crippen LogP contribution in [0.15, 0.2) is 54.7 Å². The van der Waals surface area contributed by atoms with E-state index in [0.29, 0.717) is 12.7 Å². The molecule has 0 radical (unpaired) electrons. The normalized spacial score (nSPS) is 12.5. The van der Waals surface area contributed by atoms with Gasteiger partial charge in [0, 0.05) is 49.3 Å². The van der Waals surface area contributed by atoms with Crippen LogP contribution in [-0.4, -0.2) is 59.1 Å². The lowest BCUT2D eigenvalue weighted by Gasteiger charge is -2.29. The second-order valence-electron chi connectivity index (χ2n) is 8.63. The van der Waals surface area contributed by atoms with Crippen LogP contribution in [0.3, 0.4) is 0 Å². The van der Waals surface area contributed by atoms with Crippen molar-refractivity contribution in [2.45, 2.75) is 44.4 Å². The van der Waals surface area contributed by atoms with Crippen LogP contribution in [-0.2, 0) is 27.3 Å². The van der Waals surface area contributed by atoms with Crippen molar-refractivity contribution in [1.82, 2.24) is 15.2 Å². The second kappa shape index (κ2) is 13.4. The Balaban J connectivity index is 1.56. The fourth-order valence-electron chi connectivity index (χ4n) is 3.76.